The molecule has 2 fully saturated rings. The second-order valence-electron chi connectivity index (χ2n) is 10.2. The number of ether oxygens (including phenoxy) is 1. The number of nitrogens with one attached hydrogen (secondary N) is 2. The zero-order chi connectivity index (χ0) is 28.6. The van der Waals surface area contributed by atoms with Gasteiger partial charge in [-0.3, -0.25) is 4.79 Å². The van der Waals surface area contributed by atoms with E-state index in [1.165, 1.54) is 9.80 Å². The predicted molar refractivity (Wildman–Crippen MR) is 158 cm³/mol. The third-order valence-corrected chi connectivity index (χ3v) is 8.00. The van der Waals surface area contributed by atoms with E-state index in [-0.39, 0.29) is 30.9 Å². The molecule has 40 heavy (non-hydrogen) atoms. The first-order chi connectivity index (χ1) is 19.0. The molecule has 8 nitrogen and oxygen atoms in total. The second-order valence-corrected chi connectivity index (χ2v) is 12.0. The van der Waals surface area contributed by atoms with Gasteiger partial charge in [0.1, 0.15) is 17.0 Å². The number of anilines is 1. The second kappa shape index (κ2) is 11.3. The largest absolute Gasteiger partial charge is 0.457 e. The van der Waals surface area contributed by atoms with E-state index in [1.54, 1.807) is 50.4 Å². The Morgan fingerprint density at radius 3 is 2.55 bits per heavy atom. The maximum atomic E-state index is 13.1. The van der Waals surface area contributed by atoms with Crippen LogP contribution in [0.1, 0.15) is 30.9 Å². The number of imide groups is 1. The van der Waals surface area contributed by atoms with Crippen molar-refractivity contribution in [2.75, 3.05) is 11.9 Å². The minimum absolute atomic E-state index is 0.173. The van der Waals surface area contributed by atoms with Crippen LogP contribution in [0.2, 0.25) is 10.0 Å². The molecular formula is C29H27BrCl2N4O4. The predicted octanol–water partition coefficient (Wildman–Crippen LogP) is 7.11. The number of hydrogen-bond donors (Lipinski definition) is 2. The van der Waals surface area contributed by atoms with E-state index < -0.39 is 11.6 Å². The lowest BCUT2D eigenvalue weighted by molar-refractivity contribution is -0.122. The highest BCUT2D eigenvalue weighted by atomic mass is 79.9. The summed E-state index contributed by atoms with van der Waals surface area (Å²) < 4.78 is 6.87. The maximum absolute atomic E-state index is 13.1. The molecule has 0 bridgehead atoms. The fourth-order valence-electron chi connectivity index (χ4n) is 4.74. The van der Waals surface area contributed by atoms with Crippen LogP contribution in [0, 0.1) is 5.92 Å². The number of rotatable bonds is 8. The molecule has 2 N–H and O–H groups in total. The van der Waals surface area contributed by atoms with Crippen LogP contribution >= 0.6 is 39.1 Å². The van der Waals surface area contributed by atoms with Crippen LogP contribution in [0.25, 0.3) is 0 Å². The molecule has 0 spiro atoms. The van der Waals surface area contributed by atoms with Crippen molar-refractivity contribution in [2.24, 2.45) is 5.92 Å². The molecule has 1 unspecified atom stereocenters. The SMILES string of the molecule is CN(Cc1ccc(Br)cc1Oc1cc(Cl)cc(Cl)c1)C(=O)NCc1cccc(N2C(=O)NC(C)(C3CC3)C2=O)c1. The molecule has 208 valence electrons. The first-order valence-corrected chi connectivity index (χ1v) is 14.3. The van der Waals surface area contributed by atoms with E-state index in [9.17, 15) is 14.4 Å². The number of amides is 5. The van der Waals surface area contributed by atoms with Crippen molar-refractivity contribution in [1.82, 2.24) is 15.5 Å². The molecule has 3 aromatic rings. The topological polar surface area (TPSA) is 91.0 Å². The Morgan fingerprint density at radius 2 is 1.85 bits per heavy atom. The Labute approximate surface area is 250 Å². The maximum Gasteiger partial charge on any atom is 0.329 e. The van der Waals surface area contributed by atoms with Gasteiger partial charge in [0.05, 0.1) is 12.2 Å². The highest BCUT2D eigenvalue weighted by molar-refractivity contribution is 9.10. The molecule has 3 aromatic carbocycles. The molecule has 2 aliphatic rings. The van der Waals surface area contributed by atoms with E-state index in [0.29, 0.717) is 27.2 Å². The van der Waals surface area contributed by atoms with Gasteiger partial charge in [-0.25, -0.2) is 14.5 Å². The van der Waals surface area contributed by atoms with E-state index in [2.05, 4.69) is 26.6 Å². The number of carbonyl (C=O) groups excluding carboxylic acids is 3. The van der Waals surface area contributed by atoms with Crippen molar-refractivity contribution in [2.45, 2.75) is 38.4 Å². The summed E-state index contributed by atoms with van der Waals surface area (Å²) in [6, 6.07) is 16.8. The summed E-state index contributed by atoms with van der Waals surface area (Å²) in [6.45, 7) is 2.27. The minimum atomic E-state index is -0.862. The normalized spacial score (nSPS) is 18.5. The van der Waals surface area contributed by atoms with Crippen LogP contribution < -0.4 is 20.3 Å². The standard InChI is InChI=1S/C29H27BrCl2N4O4/c1-29(19-7-8-19)26(37)36(28(39)34-29)23-5-3-4-17(10-23)15-33-27(38)35(2)16-18-6-9-20(30)11-25(18)40-24-13-21(31)12-22(32)14-24/h3-6,9-14,19H,7-8,15-16H2,1-2H3,(H,33,38)(H,34,39). The fraction of sp³-hybridized carbons (Fsp3) is 0.276. The molecule has 5 rings (SSSR count). The van der Waals surface area contributed by atoms with Gasteiger partial charge < -0.3 is 20.3 Å². The minimum Gasteiger partial charge on any atom is -0.457 e. The summed E-state index contributed by atoms with van der Waals surface area (Å²) in [5, 5.41) is 6.66. The van der Waals surface area contributed by atoms with E-state index >= 15 is 0 Å². The number of nitrogens with zero attached hydrogens (tertiary/aromatic N) is 2. The number of halogens is 3. The summed E-state index contributed by atoms with van der Waals surface area (Å²) in [5.74, 6) is 0.957. The van der Waals surface area contributed by atoms with Gasteiger partial charge >= 0.3 is 12.1 Å². The number of carbonyl (C=O) groups is 3. The third kappa shape index (κ3) is 6.06. The van der Waals surface area contributed by atoms with Crippen molar-refractivity contribution >= 4 is 62.8 Å². The molecule has 1 aliphatic carbocycles. The molecule has 1 saturated carbocycles. The average molecular weight is 646 g/mol. The molecule has 11 heteroatoms. The summed E-state index contributed by atoms with van der Waals surface area (Å²) in [7, 11) is 1.68. The van der Waals surface area contributed by atoms with E-state index in [4.69, 9.17) is 27.9 Å². The van der Waals surface area contributed by atoms with Crippen molar-refractivity contribution in [1.29, 1.82) is 0 Å². The first kappa shape index (κ1) is 28.3. The monoisotopic (exact) mass is 644 g/mol. The van der Waals surface area contributed by atoms with Crippen LogP contribution in [-0.2, 0) is 17.9 Å². The van der Waals surface area contributed by atoms with Gasteiger partial charge in [0.15, 0.2) is 0 Å². The van der Waals surface area contributed by atoms with Gasteiger partial charge in [-0.1, -0.05) is 57.3 Å². The van der Waals surface area contributed by atoms with Crippen molar-refractivity contribution in [3.63, 3.8) is 0 Å². The Morgan fingerprint density at radius 1 is 1.12 bits per heavy atom. The van der Waals surface area contributed by atoms with Gasteiger partial charge in [-0.15, -0.1) is 0 Å². The number of hydrogen-bond acceptors (Lipinski definition) is 4. The molecule has 5 amide bonds. The van der Waals surface area contributed by atoms with Crippen molar-refractivity contribution in [3.05, 3.63) is 86.3 Å². The van der Waals surface area contributed by atoms with Crippen LogP contribution in [0.15, 0.2) is 65.1 Å². The van der Waals surface area contributed by atoms with Gasteiger partial charge in [-0.05, 0) is 73.7 Å². The van der Waals surface area contributed by atoms with Gasteiger partial charge in [0.2, 0.25) is 0 Å². The van der Waals surface area contributed by atoms with Crippen LogP contribution in [0.5, 0.6) is 11.5 Å². The average Bonchev–Trinajstić information content (AvgIpc) is 3.71. The molecular weight excluding hydrogens is 619 g/mol. The first-order valence-electron chi connectivity index (χ1n) is 12.7. The molecule has 1 heterocycles. The summed E-state index contributed by atoms with van der Waals surface area (Å²) >= 11 is 15.7. The van der Waals surface area contributed by atoms with Crippen LogP contribution in [0.3, 0.4) is 0 Å². The van der Waals surface area contributed by atoms with E-state index in [1.807, 2.05) is 24.3 Å². The fourth-order valence-corrected chi connectivity index (χ4v) is 5.59. The Balaban J connectivity index is 1.23. The summed E-state index contributed by atoms with van der Waals surface area (Å²) in [6.07, 6.45) is 1.86. The quantitative estimate of drug-likeness (QED) is 0.255. The highest BCUT2D eigenvalue weighted by Crippen LogP contribution is 2.43. The van der Waals surface area contributed by atoms with Gasteiger partial charge in [-0.2, -0.15) is 0 Å². The number of benzene rings is 3. The summed E-state index contributed by atoms with van der Waals surface area (Å²) in [4.78, 5) is 41.4. The Kier molecular flexibility index (Phi) is 7.99. The molecule has 0 radical (unpaired) electrons. The molecule has 1 saturated heterocycles. The van der Waals surface area contributed by atoms with Crippen molar-refractivity contribution in [3.8, 4) is 11.5 Å². The van der Waals surface area contributed by atoms with Crippen LogP contribution in [0.4, 0.5) is 15.3 Å². The van der Waals surface area contributed by atoms with Gasteiger partial charge in [0, 0.05) is 33.7 Å². The van der Waals surface area contributed by atoms with E-state index in [0.717, 1.165) is 28.4 Å². The number of urea groups is 2. The molecule has 1 atom stereocenters. The molecule has 1 aliphatic heterocycles. The third-order valence-electron chi connectivity index (χ3n) is 7.07. The Hall–Kier alpha value is -3.27. The summed E-state index contributed by atoms with van der Waals surface area (Å²) in [5.41, 5.74) is 1.14. The zero-order valence-electron chi connectivity index (χ0n) is 21.8. The van der Waals surface area contributed by atoms with Crippen molar-refractivity contribution < 1.29 is 19.1 Å². The zero-order valence-corrected chi connectivity index (χ0v) is 24.9. The van der Waals surface area contributed by atoms with Crippen LogP contribution in [-0.4, -0.2) is 35.5 Å². The highest BCUT2D eigenvalue weighted by Gasteiger charge is 2.56. The lowest BCUT2D eigenvalue weighted by atomic mass is 9.96. The lowest BCUT2D eigenvalue weighted by Crippen LogP contribution is -2.46. The molecule has 0 aromatic heterocycles. The Bertz CT molecular complexity index is 1480. The van der Waals surface area contributed by atoms with Gasteiger partial charge in [0.25, 0.3) is 5.91 Å². The smallest absolute Gasteiger partial charge is 0.329 e. The lowest BCUT2D eigenvalue weighted by Gasteiger charge is -2.21.